The molecular weight excluding hydrogens is 216 g/mol. The van der Waals surface area contributed by atoms with Gasteiger partial charge in [0.25, 0.3) is 5.69 Å². The third-order valence-corrected chi connectivity index (χ3v) is 2.17. The zero-order valence-electron chi connectivity index (χ0n) is 8.07. The van der Waals surface area contributed by atoms with Crippen LogP contribution in [0.3, 0.4) is 0 Å². The molecule has 0 saturated carbocycles. The molecule has 0 amide bonds. The van der Waals surface area contributed by atoms with Crippen LogP contribution in [-0.2, 0) is 0 Å². The molecule has 4 nitrogen and oxygen atoms in total. The number of carbonyl (C=O) groups is 1. The molecule has 0 N–H and O–H groups in total. The monoisotopic (exact) mass is 224 g/mol. The highest BCUT2D eigenvalue weighted by Gasteiger charge is 2.15. The molecule has 1 aromatic rings. The van der Waals surface area contributed by atoms with Gasteiger partial charge in [0, 0.05) is 11.6 Å². The number of carbonyl (C=O) groups excluding carboxylic acids is 1. The lowest BCUT2D eigenvalue weighted by molar-refractivity contribution is -0.384. The van der Waals surface area contributed by atoms with Crippen LogP contribution in [0.4, 0.5) is 5.69 Å². The summed E-state index contributed by atoms with van der Waals surface area (Å²) in [6.07, 6.45) is 0.263. The quantitative estimate of drug-likeness (QED) is 0.342. The maximum Gasteiger partial charge on any atom is 0.288 e. The van der Waals surface area contributed by atoms with Gasteiger partial charge in [-0.15, -0.1) is 0 Å². The van der Waals surface area contributed by atoms with E-state index in [0.717, 1.165) is 0 Å². The van der Waals surface area contributed by atoms with Crippen molar-refractivity contribution < 1.29 is 9.72 Å². The first kappa shape index (κ1) is 11.7. The van der Waals surface area contributed by atoms with Crippen molar-refractivity contribution in [3.8, 4) is 0 Å². The van der Waals surface area contributed by atoms with Gasteiger partial charge in [0.2, 0.25) is 0 Å². The Hall–Kier alpha value is -1.36. The second-order valence-corrected chi connectivity index (χ2v) is 3.37. The predicted molar refractivity (Wildman–Crippen MR) is 58.9 cm³/mol. The van der Waals surface area contributed by atoms with E-state index in [1.807, 2.05) is 0 Å². The number of halogens is 1. The lowest BCUT2D eigenvalue weighted by atomic mass is 9.75. The zero-order chi connectivity index (χ0) is 11.4. The molecule has 0 aliphatic carbocycles. The molecule has 0 fully saturated rings. The molecule has 0 bridgehead atoms. The van der Waals surface area contributed by atoms with E-state index in [9.17, 15) is 14.9 Å². The van der Waals surface area contributed by atoms with Crippen LogP contribution >= 0.6 is 11.6 Å². The summed E-state index contributed by atoms with van der Waals surface area (Å²) in [4.78, 5) is 21.4. The second-order valence-electron chi connectivity index (χ2n) is 2.96. The van der Waals surface area contributed by atoms with Gasteiger partial charge in [-0.3, -0.25) is 14.9 Å². The summed E-state index contributed by atoms with van der Waals surface area (Å²) >= 11 is 5.61. The predicted octanol–water partition coefficient (Wildman–Crippen LogP) is 2.60. The molecule has 0 atom stereocenters. The first-order valence-electron chi connectivity index (χ1n) is 4.31. The van der Waals surface area contributed by atoms with Gasteiger partial charge >= 0.3 is 0 Å². The van der Waals surface area contributed by atoms with Gasteiger partial charge in [0.15, 0.2) is 5.78 Å². The fourth-order valence-electron chi connectivity index (χ4n) is 1.13. The molecule has 0 unspecified atom stereocenters. The first-order valence-corrected chi connectivity index (χ1v) is 4.69. The van der Waals surface area contributed by atoms with Gasteiger partial charge in [-0.25, -0.2) is 0 Å². The molecule has 0 saturated heterocycles. The minimum absolute atomic E-state index is 0.0389. The van der Waals surface area contributed by atoms with Crippen LogP contribution in [0.1, 0.15) is 10.4 Å². The average Bonchev–Trinajstić information content (AvgIpc) is 2.18. The fraction of sp³-hybridized carbons (Fsp3) is 0.222. The summed E-state index contributed by atoms with van der Waals surface area (Å²) in [5.74, 6) is -0.155. The number of rotatable bonds is 4. The van der Waals surface area contributed by atoms with Gasteiger partial charge < -0.3 is 0 Å². The fourth-order valence-corrected chi connectivity index (χ4v) is 1.32. The lowest BCUT2D eigenvalue weighted by Gasteiger charge is -2.00. The highest BCUT2D eigenvalue weighted by molar-refractivity contribution is 6.41. The van der Waals surface area contributed by atoms with Crippen molar-refractivity contribution in [1.29, 1.82) is 0 Å². The second kappa shape index (κ2) is 4.93. The van der Waals surface area contributed by atoms with Crippen LogP contribution in [0.25, 0.3) is 0 Å². The number of nitro benzene ring substituents is 1. The van der Waals surface area contributed by atoms with Crippen molar-refractivity contribution in [2.24, 2.45) is 0 Å². The standard InChI is InChI=1S/C9H8BClNO3/c1-10-5-9(13)6-2-3-7(11)8(4-6)12(14)15/h2-4H,5H2,1H3. The van der Waals surface area contributed by atoms with Gasteiger partial charge in [0.1, 0.15) is 12.3 Å². The molecule has 6 heteroatoms. The van der Waals surface area contributed by atoms with E-state index in [1.54, 1.807) is 14.1 Å². The number of hydrogen-bond acceptors (Lipinski definition) is 3. The van der Waals surface area contributed by atoms with Crippen molar-refractivity contribution in [2.75, 3.05) is 0 Å². The van der Waals surface area contributed by atoms with E-state index in [1.165, 1.54) is 18.2 Å². The van der Waals surface area contributed by atoms with E-state index in [2.05, 4.69) is 0 Å². The van der Waals surface area contributed by atoms with Crippen molar-refractivity contribution in [3.63, 3.8) is 0 Å². The number of Topliss-reactive ketones (excluding diaryl/α,β-unsaturated/α-hetero) is 1. The van der Waals surface area contributed by atoms with Crippen LogP contribution in [0, 0.1) is 10.1 Å². The van der Waals surface area contributed by atoms with Gasteiger partial charge in [-0.1, -0.05) is 18.4 Å². The zero-order valence-corrected chi connectivity index (χ0v) is 8.82. The van der Waals surface area contributed by atoms with Crippen LogP contribution in [0.15, 0.2) is 18.2 Å². The Morgan fingerprint density at radius 3 is 2.80 bits per heavy atom. The van der Waals surface area contributed by atoms with Crippen LogP contribution in [-0.4, -0.2) is 18.0 Å². The molecule has 1 aromatic carbocycles. The molecule has 15 heavy (non-hydrogen) atoms. The summed E-state index contributed by atoms with van der Waals surface area (Å²) in [5.41, 5.74) is 0.0721. The number of hydrogen-bond donors (Lipinski definition) is 0. The van der Waals surface area contributed by atoms with E-state index < -0.39 is 4.92 Å². The van der Waals surface area contributed by atoms with Gasteiger partial charge in [0.05, 0.1) is 4.92 Å². The Morgan fingerprint density at radius 2 is 2.27 bits per heavy atom. The molecule has 0 spiro atoms. The number of nitro groups is 1. The lowest BCUT2D eigenvalue weighted by Crippen LogP contribution is -2.02. The average molecular weight is 224 g/mol. The normalized spacial score (nSPS) is 9.73. The molecule has 0 aromatic heterocycles. The molecule has 1 rings (SSSR count). The van der Waals surface area contributed by atoms with E-state index in [0.29, 0.717) is 5.56 Å². The largest absolute Gasteiger partial charge is 0.295 e. The Kier molecular flexibility index (Phi) is 3.85. The highest BCUT2D eigenvalue weighted by Crippen LogP contribution is 2.25. The summed E-state index contributed by atoms with van der Waals surface area (Å²) in [7, 11) is 1.70. The minimum atomic E-state index is -0.602. The smallest absolute Gasteiger partial charge is 0.288 e. The van der Waals surface area contributed by atoms with E-state index in [4.69, 9.17) is 11.6 Å². The highest BCUT2D eigenvalue weighted by atomic mass is 35.5. The van der Waals surface area contributed by atoms with E-state index in [-0.39, 0.29) is 22.8 Å². The van der Waals surface area contributed by atoms with Crippen molar-refractivity contribution >= 4 is 30.4 Å². The maximum atomic E-state index is 11.4. The summed E-state index contributed by atoms with van der Waals surface area (Å²) in [6.45, 7) is 1.75. The topological polar surface area (TPSA) is 60.2 Å². The summed E-state index contributed by atoms with van der Waals surface area (Å²) in [5, 5.41) is 10.6. The molecule has 77 valence electrons. The molecule has 0 heterocycles. The molecule has 0 aliphatic rings. The number of benzene rings is 1. The Balaban J connectivity index is 3.07. The van der Waals surface area contributed by atoms with Crippen LogP contribution in [0.2, 0.25) is 18.2 Å². The third-order valence-electron chi connectivity index (χ3n) is 1.85. The summed E-state index contributed by atoms with van der Waals surface area (Å²) in [6, 6.07) is 4.05. The van der Waals surface area contributed by atoms with Crippen molar-refractivity contribution in [3.05, 3.63) is 38.9 Å². The van der Waals surface area contributed by atoms with Gasteiger partial charge in [-0.2, -0.15) is 0 Å². The minimum Gasteiger partial charge on any atom is -0.295 e. The Labute approximate surface area is 92.6 Å². The SMILES string of the molecule is C[B]CC(=O)c1ccc(Cl)c([N+](=O)[O-])c1. The molecular formula is C9H8BClNO3. The van der Waals surface area contributed by atoms with Crippen LogP contribution in [0.5, 0.6) is 0 Å². The first-order chi connectivity index (χ1) is 7.06. The van der Waals surface area contributed by atoms with Crippen molar-refractivity contribution in [2.45, 2.75) is 13.1 Å². The van der Waals surface area contributed by atoms with Crippen molar-refractivity contribution in [1.82, 2.24) is 0 Å². The van der Waals surface area contributed by atoms with Crippen LogP contribution < -0.4 is 0 Å². The number of ketones is 1. The van der Waals surface area contributed by atoms with E-state index >= 15 is 0 Å². The van der Waals surface area contributed by atoms with Gasteiger partial charge in [-0.05, 0) is 18.5 Å². The molecule has 0 aliphatic heterocycles. The number of nitrogens with zero attached hydrogens (tertiary/aromatic N) is 1. The Morgan fingerprint density at radius 1 is 1.60 bits per heavy atom. The third kappa shape index (κ3) is 2.79. The summed E-state index contributed by atoms with van der Waals surface area (Å²) < 4.78 is 0. The molecule has 1 radical (unpaired) electrons. The maximum absolute atomic E-state index is 11.4. The Bertz CT molecular complexity index is 408.